The van der Waals surface area contributed by atoms with E-state index in [9.17, 15) is 4.79 Å². The summed E-state index contributed by atoms with van der Waals surface area (Å²) < 4.78 is 8.88. The second-order valence-corrected chi connectivity index (χ2v) is 9.09. The van der Waals surface area contributed by atoms with Crippen molar-refractivity contribution >= 4 is 22.6 Å². The molecule has 5 nitrogen and oxygen atoms in total. The minimum atomic E-state index is -0.102. The molecule has 0 unspecified atom stereocenters. The fraction of sp³-hybridized carbons (Fsp3) is 0.312. The fourth-order valence-corrected chi connectivity index (χ4v) is 5.03. The molecular weight excluding hydrogens is 494 g/mol. The van der Waals surface area contributed by atoms with Gasteiger partial charge in [-0.05, 0) is 57.5 Å². The molecule has 0 fully saturated rings. The van der Waals surface area contributed by atoms with Crippen LogP contribution >= 0.6 is 0 Å². The van der Waals surface area contributed by atoms with Gasteiger partial charge < -0.3 is 26.6 Å². The van der Waals surface area contributed by atoms with Crippen molar-refractivity contribution < 1.29 is 21.6 Å². The summed E-state index contributed by atoms with van der Waals surface area (Å²) in [4.78, 5) is 17.3. The number of rotatable bonds is 8. The molecule has 0 spiro atoms. The average molecular weight is 530 g/mol. The molecule has 198 valence electrons. The van der Waals surface area contributed by atoms with Crippen LogP contribution in [0.5, 0.6) is 0 Å². The predicted octanol–water partition coefficient (Wildman–Crippen LogP) is 2.57. The highest BCUT2D eigenvalue weighted by atomic mass is 35.5. The Morgan fingerprint density at radius 3 is 2.32 bits per heavy atom. The highest BCUT2D eigenvalue weighted by Gasteiger charge is 2.23. The highest BCUT2D eigenvalue weighted by Crippen LogP contribution is 2.42. The van der Waals surface area contributed by atoms with Crippen LogP contribution in [0.3, 0.4) is 0 Å². The second-order valence-electron chi connectivity index (χ2n) is 9.09. The van der Waals surface area contributed by atoms with Crippen LogP contribution in [0.4, 0.5) is 5.69 Å². The number of carbonyl (C=O) groups excluding carboxylic acids is 1. The van der Waals surface area contributed by atoms with Crippen molar-refractivity contribution in [3.05, 3.63) is 71.6 Å². The van der Waals surface area contributed by atoms with E-state index in [-0.39, 0.29) is 24.9 Å². The van der Waals surface area contributed by atoms with Crippen LogP contribution in [0.2, 0.25) is 0 Å². The number of carbonyl (C=O) groups is 1. The molecule has 2 aromatic rings. The first-order valence-electron chi connectivity index (χ1n) is 13.1. The maximum Gasteiger partial charge on any atom is 0.255 e. The highest BCUT2D eigenvalue weighted by molar-refractivity contribution is 6.09. The van der Waals surface area contributed by atoms with Crippen LogP contribution in [-0.2, 0) is 0 Å². The van der Waals surface area contributed by atoms with Gasteiger partial charge in [0, 0.05) is 60.0 Å². The zero-order valence-electron chi connectivity index (χ0n) is 22.9. The van der Waals surface area contributed by atoms with E-state index in [1.807, 2.05) is 24.3 Å². The lowest BCUT2D eigenvalue weighted by molar-refractivity contribution is -0.0000170. The number of anilines is 1. The van der Waals surface area contributed by atoms with Crippen molar-refractivity contribution in [2.24, 2.45) is 0 Å². The molecule has 2 aromatic carbocycles. The number of terminal acetylenes is 1. The van der Waals surface area contributed by atoms with Crippen LogP contribution < -0.4 is 27.2 Å². The molecule has 0 aromatic heterocycles. The Hall–Kier alpha value is -3.75. The van der Waals surface area contributed by atoms with Gasteiger partial charge in [0.05, 0.1) is 12.6 Å². The molecule has 38 heavy (non-hydrogen) atoms. The lowest BCUT2D eigenvalue weighted by atomic mass is 9.90. The van der Waals surface area contributed by atoms with Crippen molar-refractivity contribution in [3.8, 4) is 34.8 Å². The summed E-state index contributed by atoms with van der Waals surface area (Å²) in [5.41, 5.74) is 5.36. The molecule has 0 saturated carbocycles. The Morgan fingerprint density at radius 2 is 1.66 bits per heavy atom. The third-order valence-corrected chi connectivity index (χ3v) is 7.05. The first-order valence-corrected chi connectivity index (χ1v) is 13.1. The van der Waals surface area contributed by atoms with E-state index in [0.717, 1.165) is 70.6 Å². The summed E-state index contributed by atoms with van der Waals surface area (Å²) in [5.74, 6) is 3.27. The van der Waals surface area contributed by atoms with E-state index < -0.39 is 0 Å². The van der Waals surface area contributed by atoms with E-state index in [0.29, 0.717) is 5.56 Å². The maximum absolute atomic E-state index is 13.4. The molecule has 4 rings (SSSR count). The summed E-state index contributed by atoms with van der Waals surface area (Å²) in [6.07, 6.45) is 5.50. The Kier molecular flexibility index (Phi) is 9.61. The first-order chi connectivity index (χ1) is 18.0. The summed E-state index contributed by atoms with van der Waals surface area (Å²) in [5, 5.41) is 2.09. The van der Waals surface area contributed by atoms with Crippen molar-refractivity contribution in [2.45, 2.75) is 27.7 Å². The van der Waals surface area contributed by atoms with Gasteiger partial charge >= 0.3 is 0 Å². The molecule has 0 bridgehead atoms. The maximum atomic E-state index is 13.4. The van der Waals surface area contributed by atoms with Crippen LogP contribution in [0, 0.1) is 12.3 Å². The zero-order valence-corrected chi connectivity index (χ0v) is 23.7. The van der Waals surface area contributed by atoms with Crippen molar-refractivity contribution in [3.63, 3.8) is 0 Å². The van der Waals surface area contributed by atoms with Crippen LogP contribution in [0.15, 0.2) is 65.1 Å². The van der Waals surface area contributed by atoms with E-state index in [2.05, 4.69) is 79.5 Å². The number of halogens is 1. The van der Waals surface area contributed by atoms with Gasteiger partial charge in [0.15, 0.2) is 0 Å². The molecule has 2 aliphatic rings. The Balaban J connectivity index is 0.00000400. The standard InChI is InChI=1S/C32H36N3O2.ClH/c1-7-20-33(6)32(36)26-15-13-12-14-25(26)31-27-18-16-23(34(8-2)9-3)21-29(27)37-30-22-24(17-19-28(30)31)35(10-4)11-5;/h1,12-19,21-22H,8-11,20H2,2-6H3;1H/q+1;/p-1. The number of hydrogen-bond acceptors (Lipinski definition) is 3. The van der Waals surface area contributed by atoms with Gasteiger partial charge in [-0.3, -0.25) is 4.79 Å². The van der Waals surface area contributed by atoms with E-state index in [1.54, 1.807) is 11.9 Å². The molecule has 0 N–H and O–H groups in total. The topological polar surface area (TPSA) is 39.7 Å². The van der Waals surface area contributed by atoms with E-state index in [1.165, 1.54) is 0 Å². The molecule has 0 atom stereocenters. The number of benzene rings is 3. The summed E-state index contributed by atoms with van der Waals surface area (Å²) in [6, 6.07) is 20.5. The van der Waals surface area contributed by atoms with Crippen molar-refractivity contribution in [1.82, 2.24) is 9.48 Å². The van der Waals surface area contributed by atoms with Gasteiger partial charge in [-0.1, -0.05) is 24.1 Å². The monoisotopic (exact) mass is 529 g/mol. The quantitative estimate of drug-likeness (QED) is 0.200. The smallest absolute Gasteiger partial charge is 0.255 e. The molecule has 1 amide bonds. The molecule has 6 heteroatoms. The van der Waals surface area contributed by atoms with Crippen LogP contribution in [0.1, 0.15) is 38.1 Å². The van der Waals surface area contributed by atoms with Gasteiger partial charge in [-0.15, -0.1) is 6.42 Å². The zero-order chi connectivity index (χ0) is 26.5. The number of fused-ring (bicyclic) bond motifs is 2. The Morgan fingerprint density at radius 1 is 0.947 bits per heavy atom. The largest absolute Gasteiger partial charge is 1.00 e. The first kappa shape index (κ1) is 28.8. The minimum absolute atomic E-state index is 0. The number of hydrogen-bond donors (Lipinski definition) is 0. The van der Waals surface area contributed by atoms with E-state index >= 15 is 0 Å². The normalized spacial score (nSPS) is 10.6. The molecule has 0 saturated heterocycles. The summed E-state index contributed by atoms with van der Waals surface area (Å²) in [6.45, 7) is 12.5. The van der Waals surface area contributed by atoms with E-state index in [4.69, 9.17) is 10.8 Å². The summed E-state index contributed by atoms with van der Waals surface area (Å²) in [7, 11) is 1.74. The lowest BCUT2D eigenvalue weighted by Gasteiger charge is -2.23. The molecule has 0 radical (unpaired) electrons. The van der Waals surface area contributed by atoms with Gasteiger partial charge in [0.2, 0.25) is 5.36 Å². The molecule has 1 aliphatic heterocycles. The number of amides is 1. The van der Waals surface area contributed by atoms with Crippen LogP contribution in [-0.4, -0.2) is 50.6 Å². The van der Waals surface area contributed by atoms with Gasteiger partial charge in [-0.25, -0.2) is 4.58 Å². The van der Waals surface area contributed by atoms with Crippen molar-refractivity contribution in [1.29, 1.82) is 0 Å². The van der Waals surface area contributed by atoms with Crippen molar-refractivity contribution in [2.75, 3.05) is 44.7 Å². The third-order valence-electron chi connectivity index (χ3n) is 7.05. The predicted molar refractivity (Wildman–Crippen MR) is 154 cm³/mol. The lowest BCUT2D eigenvalue weighted by Crippen LogP contribution is -3.00. The minimum Gasteiger partial charge on any atom is -1.00 e. The Labute approximate surface area is 232 Å². The molecule has 1 aliphatic carbocycles. The molecule has 1 heterocycles. The van der Waals surface area contributed by atoms with Gasteiger partial charge in [0.1, 0.15) is 24.4 Å². The molecular formula is C32H36ClN3O2. The van der Waals surface area contributed by atoms with Gasteiger partial charge in [0.25, 0.3) is 5.91 Å². The summed E-state index contributed by atoms with van der Waals surface area (Å²) >= 11 is 0. The van der Waals surface area contributed by atoms with Gasteiger partial charge in [-0.2, -0.15) is 0 Å². The SMILES string of the molecule is C#CCN(C)C(=O)c1ccccc1-c1c2ccc(=[N+](CC)CC)cc-2oc2cc(N(CC)CC)ccc12.[Cl-]. The fourth-order valence-electron chi connectivity index (χ4n) is 5.03. The average Bonchev–Trinajstić information content (AvgIpc) is 2.92. The third kappa shape index (κ3) is 5.42. The number of nitrogens with zero attached hydrogens (tertiary/aromatic N) is 3. The Bertz CT molecular complexity index is 1510. The second kappa shape index (κ2) is 12.7. The van der Waals surface area contributed by atoms with Crippen LogP contribution in [0.25, 0.3) is 33.4 Å².